The Labute approximate surface area is 109 Å². The summed E-state index contributed by atoms with van der Waals surface area (Å²) in [6, 6.07) is 9.07. The highest BCUT2D eigenvalue weighted by atomic mass is 15.3. The van der Waals surface area contributed by atoms with Crippen molar-refractivity contribution in [2.75, 3.05) is 6.54 Å². The van der Waals surface area contributed by atoms with Crippen LogP contribution in [0.2, 0.25) is 0 Å². The molecule has 0 saturated carbocycles. The van der Waals surface area contributed by atoms with Crippen LogP contribution in [-0.4, -0.2) is 22.4 Å². The number of aryl methyl sites for hydroxylation is 2. The molecule has 1 aromatic carbocycles. The number of para-hydroxylation sites is 1. The van der Waals surface area contributed by atoms with E-state index in [1.807, 2.05) is 11.7 Å². The smallest absolute Gasteiger partial charge is 0.0703 e. The largest absolute Gasteiger partial charge is 0.315 e. The highest BCUT2D eigenvalue weighted by molar-refractivity contribution is 5.81. The molecule has 18 heavy (non-hydrogen) atoms. The quantitative estimate of drug-likeness (QED) is 0.848. The number of benzene rings is 1. The summed E-state index contributed by atoms with van der Waals surface area (Å²) in [5.74, 6) is 0. The first-order chi connectivity index (χ1) is 8.72. The first kappa shape index (κ1) is 13.1. The van der Waals surface area contributed by atoms with Crippen LogP contribution >= 0.6 is 0 Å². The molecule has 0 radical (unpaired) electrons. The Kier molecular flexibility index (Phi) is 4.37. The Morgan fingerprint density at radius 1 is 1.33 bits per heavy atom. The Balaban J connectivity index is 2.00. The summed E-state index contributed by atoms with van der Waals surface area (Å²) >= 11 is 0. The molecule has 2 aromatic rings. The molecule has 3 nitrogen and oxygen atoms in total. The molecular weight excluding hydrogens is 222 g/mol. The highest BCUT2D eigenvalue weighted by Crippen LogP contribution is 2.19. The fourth-order valence-corrected chi connectivity index (χ4v) is 2.50. The van der Waals surface area contributed by atoms with E-state index in [-0.39, 0.29) is 0 Å². The Morgan fingerprint density at radius 3 is 2.89 bits per heavy atom. The molecule has 0 saturated heterocycles. The van der Waals surface area contributed by atoms with Crippen LogP contribution in [0.25, 0.3) is 10.9 Å². The summed E-state index contributed by atoms with van der Waals surface area (Å²) in [4.78, 5) is 0. The summed E-state index contributed by atoms with van der Waals surface area (Å²) in [6.45, 7) is 5.45. The Hall–Kier alpha value is -1.35. The van der Waals surface area contributed by atoms with Crippen molar-refractivity contribution in [2.45, 2.75) is 39.2 Å². The van der Waals surface area contributed by atoms with Crippen LogP contribution in [-0.2, 0) is 13.5 Å². The molecule has 0 aliphatic carbocycles. The van der Waals surface area contributed by atoms with E-state index in [1.165, 1.54) is 29.4 Å². The van der Waals surface area contributed by atoms with Crippen LogP contribution in [0.1, 0.15) is 32.4 Å². The van der Waals surface area contributed by atoms with E-state index < -0.39 is 0 Å². The highest BCUT2D eigenvalue weighted by Gasteiger charge is 2.08. The average Bonchev–Trinajstić information content (AvgIpc) is 2.68. The zero-order chi connectivity index (χ0) is 13.0. The molecule has 1 aromatic heterocycles. The maximum atomic E-state index is 4.63. The van der Waals surface area contributed by atoms with Crippen molar-refractivity contribution in [1.29, 1.82) is 0 Å². The van der Waals surface area contributed by atoms with Crippen LogP contribution in [0.5, 0.6) is 0 Å². The summed E-state index contributed by atoms with van der Waals surface area (Å²) < 4.78 is 1.98. The second-order valence-corrected chi connectivity index (χ2v) is 4.94. The van der Waals surface area contributed by atoms with Gasteiger partial charge >= 0.3 is 0 Å². The fraction of sp³-hybridized carbons (Fsp3) is 0.533. The second-order valence-electron chi connectivity index (χ2n) is 4.94. The van der Waals surface area contributed by atoms with E-state index in [2.05, 4.69) is 48.5 Å². The van der Waals surface area contributed by atoms with Gasteiger partial charge in [-0.1, -0.05) is 25.1 Å². The minimum Gasteiger partial charge on any atom is -0.315 e. The van der Waals surface area contributed by atoms with Crippen molar-refractivity contribution < 1.29 is 0 Å². The fourth-order valence-electron chi connectivity index (χ4n) is 2.50. The molecule has 0 aliphatic heterocycles. The van der Waals surface area contributed by atoms with Crippen molar-refractivity contribution >= 4 is 10.9 Å². The third-order valence-corrected chi connectivity index (χ3v) is 3.44. The maximum Gasteiger partial charge on any atom is 0.0703 e. The first-order valence-electron chi connectivity index (χ1n) is 6.86. The van der Waals surface area contributed by atoms with Gasteiger partial charge in [0.25, 0.3) is 0 Å². The molecule has 1 atom stereocenters. The van der Waals surface area contributed by atoms with Gasteiger partial charge in [0.15, 0.2) is 0 Å². The monoisotopic (exact) mass is 245 g/mol. The molecule has 1 N–H and O–H groups in total. The van der Waals surface area contributed by atoms with Gasteiger partial charge in [0, 0.05) is 18.5 Å². The first-order valence-corrected chi connectivity index (χ1v) is 6.86. The average molecular weight is 245 g/mol. The van der Waals surface area contributed by atoms with Gasteiger partial charge in [-0.25, -0.2) is 0 Å². The van der Waals surface area contributed by atoms with Crippen molar-refractivity contribution in [1.82, 2.24) is 15.1 Å². The van der Waals surface area contributed by atoms with Crippen molar-refractivity contribution in [3.05, 3.63) is 30.0 Å². The Bertz CT molecular complexity index is 501. The SMILES string of the molecule is CCNC(C)CCCc1nn(C)c2ccccc12. The van der Waals surface area contributed by atoms with Crippen molar-refractivity contribution in [3.63, 3.8) is 0 Å². The second kappa shape index (κ2) is 6.01. The molecule has 2 rings (SSSR count). The lowest BCUT2D eigenvalue weighted by molar-refractivity contribution is 0.510. The van der Waals surface area contributed by atoms with Crippen LogP contribution in [0.15, 0.2) is 24.3 Å². The number of nitrogens with one attached hydrogen (secondary N) is 1. The van der Waals surface area contributed by atoms with Crippen LogP contribution in [0, 0.1) is 0 Å². The third-order valence-electron chi connectivity index (χ3n) is 3.44. The Morgan fingerprint density at radius 2 is 2.11 bits per heavy atom. The molecular formula is C15H23N3. The predicted octanol–water partition coefficient (Wildman–Crippen LogP) is 2.89. The molecule has 1 heterocycles. The van der Waals surface area contributed by atoms with E-state index in [9.17, 15) is 0 Å². The molecule has 0 fully saturated rings. The predicted molar refractivity (Wildman–Crippen MR) is 76.8 cm³/mol. The lowest BCUT2D eigenvalue weighted by Crippen LogP contribution is -2.25. The minimum atomic E-state index is 0.602. The topological polar surface area (TPSA) is 29.9 Å². The van der Waals surface area contributed by atoms with Crippen molar-refractivity contribution in [2.24, 2.45) is 7.05 Å². The summed E-state index contributed by atoms with van der Waals surface area (Å²) in [5.41, 5.74) is 2.46. The van der Waals surface area contributed by atoms with Gasteiger partial charge in [0.1, 0.15) is 0 Å². The van der Waals surface area contributed by atoms with Gasteiger partial charge in [-0.05, 0) is 38.8 Å². The summed E-state index contributed by atoms with van der Waals surface area (Å²) in [5, 5.41) is 9.38. The van der Waals surface area contributed by atoms with Gasteiger partial charge in [0.05, 0.1) is 11.2 Å². The van der Waals surface area contributed by atoms with E-state index in [4.69, 9.17) is 0 Å². The maximum absolute atomic E-state index is 4.63. The van der Waals surface area contributed by atoms with E-state index in [0.29, 0.717) is 6.04 Å². The van der Waals surface area contributed by atoms with Gasteiger partial charge in [-0.3, -0.25) is 4.68 Å². The van der Waals surface area contributed by atoms with Gasteiger partial charge in [0.2, 0.25) is 0 Å². The minimum absolute atomic E-state index is 0.602. The van der Waals surface area contributed by atoms with Crippen LogP contribution in [0.4, 0.5) is 0 Å². The number of nitrogens with zero attached hydrogens (tertiary/aromatic N) is 2. The zero-order valence-corrected chi connectivity index (χ0v) is 11.6. The summed E-state index contributed by atoms with van der Waals surface area (Å²) in [7, 11) is 2.02. The van der Waals surface area contributed by atoms with E-state index in [0.717, 1.165) is 13.0 Å². The molecule has 0 bridgehead atoms. The molecule has 0 aliphatic rings. The van der Waals surface area contributed by atoms with Crippen LogP contribution in [0.3, 0.4) is 0 Å². The molecule has 3 heteroatoms. The lowest BCUT2D eigenvalue weighted by Gasteiger charge is -2.10. The molecule has 0 spiro atoms. The zero-order valence-electron chi connectivity index (χ0n) is 11.6. The molecule has 1 unspecified atom stereocenters. The van der Waals surface area contributed by atoms with Gasteiger partial charge < -0.3 is 5.32 Å². The van der Waals surface area contributed by atoms with Gasteiger partial charge in [-0.15, -0.1) is 0 Å². The van der Waals surface area contributed by atoms with Crippen molar-refractivity contribution in [3.8, 4) is 0 Å². The third kappa shape index (κ3) is 2.91. The molecule has 0 amide bonds. The number of hydrogen-bond acceptors (Lipinski definition) is 2. The molecule has 98 valence electrons. The number of aromatic nitrogens is 2. The lowest BCUT2D eigenvalue weighted by atomic mass is 10.1. The summed E-state index contributed by atoms with van der Waals surface area (Å²) in [6.07, 6.45) is 3.46. The van der Waals surface area contributed by atoms with Crippen LogP contribution < -0.4 is 5.32 Å². The standard InChI is InChI=1S/C15H23N3/c1-4-16-12(2)8-7-10-14-13-9-5-6-11-15(13)18(3)17-14/h5-6,9,11-12,16H,4,7-8,10H2,1-3H3. The van der Waals surface area contributed by atoms with E-state index >= 15 is 0 Å². The number of rotatable bonds is 6. The van der Waals surface area contributed by atoms with E-state index in [1.54, 1.807) is 0 Å². The number of hydrogen-bond donors (Lipinski definition) is 1. The number of fused-ring (bicyclic) bond motifs is 1. The van der Waals surface area contributed by atoms with Gasteiger partial charge in [-0.2, -0.15) is 5.10 Å². The normalized spacial score (nSPS) is 13.1.